The Morgan fingerprint density at radius 2 is 2.17 bits per heavy atom. The van der Waals surface area contributed by atoms with Gasteiger partial charge in [-0.1, -0.05) is 13.0 Å². The van der Waals surface area contributed by atoms with Gasteiger partial charge in [0.2, 0.25) is 5.91 Å². The maximum absolute atomic E-state index is 11.8. The molecule has 1 unspecified atom stereocenters. The number of carbonyl (C=O) groups is 1. The molecule has 0 saturated carbocycles. The molecule has 1 aliphatic heterocycles. The van der Waals surface area contributed by atoms with Crippen LogP contribution >= 0.6 is 0 Å². The first-order valence-electron chi connectivity index (χ1n) is 6.56. The fourth-order valence-electron chi connectivity index (χ4n) is 2.13. The lowest BCUT2D eigenvalue weighted by Gasteiger charge is -2.19. The number of nitrogens with two attached hydrogens (primary N) is 1. The molecule has 0 spiro atoms. The number of anilines is 2. The lowest BCUT2D eigenvalue weighted by atomic mass is 10.1. The number of hydrogen-bond acceptors (Lipinski definition) is 3. The van der Waals surface area contributed by atoms with Crippen molar-refractivity contribution in [3.8, 4) is 0 Å². The molecule has 98 valence electrons. The quantitative estimate of drug-likeness (QED) is 0.853. The van der Waals surface area contributed by atoms with E-state index in [0.717, 1.165) is 18.8 Å². The van der Waals surface area contributed by atoms with Gasteiger partial charge in [-0.25, -0.2) is 0 Å². The van der Waals surface area contributed by atoms with Crippen molar-refractivity contribution in [3.63, 3.8) is 0 Å². The van der Waals surface area contributed by atoms with Gasteiger partial charge in [-0.2, -0.15) is 0 Å². The maximum Gasteiger partial charge on any atom is 0.228 e. The second-order valence-corrected chi connectivity index (χ2v) is 4.87. The van der Waals surface area contributed by atoms with E-state index in [2.05, 4.69) is 16.3 Å². The molecule has 1 saturated heterocycles. The minimum Gasteiger partial charge on any atom is -0.371 e. The predicted molar refractivity (Wildman–Crippen MR) is 74.7 cm³/mol. The molecule has 0 aliphatic carbocycles. The van der Waals surface area contributed by atoms with Crippen LogP contribution in [0, 0.1) is 5.92 Å². The zero-order chi connectivity index (χ0) is 13.0. The van der Waals surface area contributed by atoms with Gasteiger partial charge >= 0.3 is 0 Å². The minimum atomic E-state index is -0.152. The molecule has 1 aromatic carbocycles. The van der Waals surface area contributed by atoms with E-state index in [1.807, 2.05) is 25.1 Å². The summed E-state index contributed by atoms with van der Waals surface area (Å²) in [5.74, 6) is -0.170. The first-order chi connectivity index (χ1) is 8.70. The van der Waals surface area contributed by atoms with Crippen LogP contribution in [-0.4, -0.2) is 25.5 Å². The van der Waals surface area contributed by atoms with Crippen LogP contribution in [0.1, 0.15) is 19.8 Å². The van der Waals surface area contributed by atoms with Crippen LogP contribution in [0.15, 0.2) is 24.3 Å². The molecule has 4 nitrogen and oxygen atoms in total. The number of amides is 1. The standard InChI is InChI=1S/C14H21N3O/c1-11(10-15)14(18)16-12-5-4-6-13(9-12)17-7-2-3-8-17/h4-6,9,11H,2-3,7-8,10,15H2,1H3,(H,16,18). The second kappa shape index (κ2) is 5.87. The van der Waals surface area contributed by atoms with Gasteiger partial charge in [0.05, 0.1) is 0 Å². The monoisotopic (exact) mass is 247 g/mol. The molecule has 4 heteroatoms. The summed E-state index contributed by atoms with van der Waals surface area (Å²) in [6.07, 6.45) is 2.50. The normalized spacial score (nSPS) is 16.7. The van der Waals surface area contributed by atoms with Crippen LogP contribution in [0.5, 0.6) is 0 Å². The first-order valence-corrected chi connectivity index (χ1v) is 6.56. The number of hydrogen-bond donors (Lipinski definition) is 2. The predicted octanol–water partition coefficient (Wildman–Crippen LogP) is 1.82. The molecule has 1 heterocycles. The van der Waals surface area contributed by atoms with Crippen molar-refractivity contribution in [1.82, 2.24) is 0 Å². The van der Waals surface area contributed by atoms with Crippen LogP contribution in [0.4, 0.5) is 11.4 Å². The molecule has 1 atom stereocenters. The number of nitrogens with one attached hydrogen (secondary N) is 1. The minimum absolute atomic E-state index is 0.0175. The zero-order valence-electron chi connectivity index (χ0n) is 10.9. The van der Waals surface area contributed by atoms with Crippen LogP contribution in [-0.2, 0) is 4.79 Å². The summed E-state index contributed by atoms with van der Waals surface area (Å²) in [6, 6.07) is 8.02. The number of rotatable bonds is 4. The topological polar surface area (TPSA) is 58.4 Å². The number of benzene rings is 1. The van der Waals surface area contributed by atoms with Gasteiger partial charge in [-0.05, 0) is 31.0 Å². The number of nitrogens with zero attached hydrogens (tertiary/aromatic N) is 1. The third kappa shape index (κ3) is 3.01. The summed E-state index contributed by atoms with van der Waals surface area (Å²) in [7, 11) is 0. The molecule has 1 amide bonds. The van der Waals surface area contributed by atoms with Crippen molar-refractivity contribution in [1.29, 1.82) is 0 Å². The lowest BCUT2D eigenvalue weighted by Crippen LogP contribution is -2.26. The molecular weight excluding hydrogens is 226 g/mol. The van der Waals surface area contributed by atoms with Gasteiger partial charge in [0.1, 0.15) is 0 Å². The van der Waals surface area contributed by atoms with Crippen LogP contribution in [0.3, 0.4) is 0 Å². The van der Waals surface area contributed by atoms with Gasteiger partial charge < -0.3 is 16.0 Å². The highest BCUT2D eigenvalue weighted by atomic mass is 16.1. The highest BCUT2D eigenvalue weighted by Crippen LogP contribution is 2.23. The molecule has 1 fully saturated rings. The number of carbonyl (C=O) groups excluding carboxylic acids is 1. The summed E-state index contributed by atoms with van der Waals surface area (Å²) in [4.78, 5) is 14.1. The van der Waals surface area contributed by atoms with E-state index in [1.165, 1.54) is 18.5 Å². The van der Waals surface area contributed by atoms with Gasteiger partial charge in [0.15, 0.2) is 0 Å². The summed E-state index contributed by atoms with van der Waals surface area (Å²) in [6.45, 7) is 4.42. The third-order valence-electron chi connectivity index (χ3n) is 3.39. The van der Waals surface area contributed by atoms with Crippen molar-refractivity contribution in [3.05, 3.63) is 24.3 Å². The molecular formula is C14H21N3O. The van der Waals surface area contributed by atoms with Crippen molar-refractivity contribution in [2.75, 3.05) is 29.9 Å². The van der Waals surface area contributed by atoms with Gasteiger partial charge in [-0.15, -0.1) is 0 Å². The molecule has 18 heavy (non-hydrogen) atoms. The summed E-state index contributed by atoms with van der Waals surface area (Å²) >= 11 is 0. The second-order valence-electron chi connectivity index (χ2n) is 4.87. The van der Waals surface area contributed by atoms with E-state index < -0.39 is 0 Å². The smallest absolute Gasteiger partial charge is 0.228 e. The largest absolute Gasteiger partial charge is 0.371 e. The third-order valence-corrected chi connectivity index (χ3v) is 3.39. The molecule has 0 radical (unpaired) electrons. The van der Waals surface area contributed by atoms with E-state index in [4.69, 9.17) is 5.73 Å². The molecule has 3 N–H and O–H groups in total. The zero-order valence-corrected chi connectivity index (χ0v) is 10.9. The molecule has 1 aromatic rings. The molecule has 0 aromatic heterocycles. The van der Waals surface area contributed by atoms with Crippen molar-refractivity contribution in [2.24, 2.45) is 11.7 Å². The first kappa shape index (κ1) is 12.9. The average molecular weight is 247 g/mol. The Hall–Kier alpha value is -1.55. The van der Waals surface area contributed by atoms with Crippen molar-refractivity contribution < 1.29 is 4.79 Å². The maximum atomic E-state index is 11.8. The van der Waals surface area contributed by atoms with E-state index in [0.29, 0.717) is 6.54 Å². The summed E-state index contributed by atoms with van der Waals surface area (Å²) < 4.78 is 0. The van der Waals surface area contributed by atoms with Crippen LogP contribution in [0.2, 0.25) is 0 Å². The Bertz CT molecular complexity index is 413. The van der Waals surface area contributed by atoms with Gasteiger partial charge in [0.25, 0.3) is 0 Å². The molecule has 2 rings (SSSR count). The Kier molecular flexibility index (Phi) is 4.20. The highest BCUT2D eigenvalue weighted by Gasteiger charge is 2.14. The van der Waals surface area contributed by atoms with E-state index >= 15 is 0 Å². The van der Waals surface area contributed by atoms with Crippen LogP contribution < -0.4 is 16.0 Å². The average Bonchev–Trinajstić information content (AvgIpc) is 2.92. The van der Waals surface area contributed by atoms with Gasteiger partial charge in [0, 0.05) is 36.9 Å². The van der Waals surface area contributed by atoms with E-state index in [9.17, 15) is 4.79 Å². The Balaban J connectivity index is 2.05. The summed E-state index contributed by atoms with van der Waals surface area (Å²) in [5.41, 5.74) is 7.52. The summed E-state index contributed by atoms with van der Waals surface area (Å²) in [5, 5.41) is 2.91. The SMILES string of the molecule is CC(CN)C(=O)Nc1cccc(N2CCCC2)c1. The lowest BCUT2D eigenvalue weighted by molar-refractivity contribution is -0.119. The van der Waals surface area contributed by atoms with E-state index in [-0.39, 0.29) is 11.8 Å². The Morgan fingerprint density at radius 3 is 2.83 bits per heavy atom. The Labute approximate surface area is 108 Å². The van der Waals surface area contributed by atoms with E-state index in [1.54, 1.807) is 0 Å². The molecule has 1 aliphatic rings. The van der Waals surface area contributed by atoms with Gasteiger partial charge in [-0.3, -0.25) is 4.79 Å². The van der Waals surface area contributed by atoms with Crippen LogP contribution in [0.25, 0.3) is 0 Å². The fourth-order valence-corrected chi connectivity index (χ4v) is 2.13. The van der Waals surface area contributed by atoms with Crippen molar-refractivity contribution in [2.45, 2.75) is 19.8 Å². The fraction of sp³-hybridized carbons (Fsp3) is 0.500. The van der Waals surface area contributed by atoms with Crippen molar-refractivity contribution >= 4 is 17.3 Å². The Morgan fingerprint density at radius 1 is 1.44 bits per heavy atom. The highest BCUT2D eigenvalue weighted by molar-refractivity contribution is 5.92. The molecule has 0 bridgehead atoms.